The number of aromatic nitrogens is 4. The van der Waals surface area contributed by atoms with Gasteiger partial charge in [-0.1, -0.05) is 11.6 Å². The van der Waals surface area contributed by atoms with Crippen molar-refractivity contribution in [1.82, 2.24) is 24.9 Å². The highest BCUT2D eigenvalue weighted by Gasteiger charge is 2.35. The minimum atomic E-state index is -0.185. The van der Waals surface area contributed by atoms with E-state index < -0.39 is 0 Å². The van der Waals surface area contributed by atoms with Gasteiger partial charge in [-0.3, -0.25) is 9.48 Å². The largest absolute Gasteiger partial charge is 0.454 e. The average molecular weight is 424 g/mol. The van der Waals surface area contributed by atoms with Gasteiger partial charge in [0, 0.05) is 29.0 Å². The zero-order valence-corrected chi connectivity index (χ0v) is 16.7. The number of halogens is 1. The maximum Gasteiger partial charge on any atom is 0.290 e. The fourth-order valence-corrected chi connectivity index (χ4v) is 3.32. The lowest BCUT2D eigenvalue weighted by Crippen LogP contribution is -2.32. The standard InChI is InChI=1S/C21H18ClN5O3/c22-15-4-2-14(3-5-15)20-25-24-19(30-20)13-27(16-6-7-16)21(28)18-9-8-17(29-18)12-26-11-1-10-23-26/h1-5,8-11,16H,6-7,12-13H2. The number of carbonyl (C=O) groups is 1. The molecule has 0 bridgehead atoms. The van der Waals surface area contributed by atoms with E-state index in [0.717, 1.165) is 18.4 Å². The van der Waals surface area contributed by atoms with Crippen LogP contribution < -0.4 is 0 Å². The number of nitrogens with zero attached hydrogens (tertiary/aromatic N) is 5. The summed E-state index contributed by atoms with van der Waals surface area (Å²) in [5.41, 5.74) is 0.775. The van der Waals surface area contributed by atoms with Gasteiger partial charge in [-0.2, -0.15) is 5.10 Å². The molecule has 0 saturated heterocycles. The minimum Gasteiger partial charge on any atom is -0.454 e. The van der Waals surface area contributed by atoms with Gasteiger partial charge >= 0.3 is 0 Å². The van der Waals surface area contributed by atoms with Gasteiger partial charge in [0.25, 0.3) is 5.91 Å². The van der Waals surface area contributed by atoms with E-state index in [1.807, 2.05) is 24.4 Å². The molecule has 9 heteroatoms. The summed E-state index contributed by atoms with van der Waals surface area (Å²) >= 11 is 5.92. The molecule has 1 aromatic carbocycles. The van der Waals surface area contributed by atoms with E-state index in [1.165, 1.54) is 0 Å². The Labute approximate surface area is 177 Å². The molecule has 1 fully saturated rings. The Bertz CT molecular complexity index is 1150. The number of rotatable bonds is 7. The monoisotopic (exact) mass is 423 g/mol. The lowest BCUT2D eigenvalue weighted by Gasteiger charge is -2.19. The van der Waals surface area contributed by atoms with Crippen LogP contribution in [0.3, 0.4) is 0 Å². The van der Waals surface area contributed by atoms with E-state index in [2.05, 4.69) is 15.3 Å². The zero-order valence-electron chi connectivity index (χ0n) is 15.9. The Morgan fingerprint density at radius 2 is 1.97 bits per heavy atom. The maximum atomic E-state index is 13.1. The van der Waals surface area contributed by atoms with Gasteiger partial charge in [0.2, 0.25) is 11.8 Å². The molecule has 0 unspecified atom stereocenters. The quantitative estimate of drug-likeness (QED) is 0.445. The van der Waals surface area contributed by atoms with Crippen LogP contribution >= 0.6 is 11.6 Å². The molecule has 0 radical (unpaired) electrons. The van der Waals surface area contributed by atoms with Gasteiger partial charge < -0.3 is 13.7 Å². The number of hydrogen-bond acceptors (Lipinski definition) is 6. The van der Waals surface area contributed by atoms with Gasteiger partial charge in [-0.05, 0) is 55.3 Å². The van der Waals surface area contributed by atoms with Crippen LogP contribution in [0.4, 0.5) is 0 Å². The lowest BCUT2D eigenvalue weighted by molar-refractivity contribution is 0.0680. The summed E-state index contributed by atoms with van der Waals surface area (Å²) < 4.78 is 13.3. The molecular weight excluding hydrogens is 406 g/mol. The second-order valence-corrected chi connectivity index (χ2v) is 7.58. The molecule has 0 N–H and O–H groups in total. The minimum absolute atomic E-state index is 0.156. The normalized spacial score (nSPS) is 13.5. The SMILES string of the molecule is O=C(c1ccc(Cn2cccn2)o1)N(Cc1nnc(-c2ccc(Cl)cc2)o1)C1CC1. The molecule has 0 aliphatic heterocycles. The highest BCUT2D eigenvalue weighted by molar-refractivity contribution is 6.30. The Morgan fingerprint density at radius 1 is 1.13 bits per heavy atom. The molecule has 152 valence electrons. The van der Waals surface area contributed by atoms with Crippen molar-refractivity contribution in [2.75, 3.05) is 0 Å². The summed E-state index contributed by atoms with van der Waals surface area (Å²) in [4.78, 5) is 14.8. The van der Waals surface area contributed by atoms with E-state index in [4.69, 9.17) is 20.4 Å². The van der Waals surface area contributed by atoms with Gasteiger partial charge in [0.1, 0.15) is 5.76 Å². The number of benzene rings is 1. The van der Waals surface area contributed by atoms with E-state index in [0.29, 0.717) is 34.9 Å². The van der Waals surface area contributed by atoms with Crippen LogP contribution in [0.2, 0.25) is 5.02 Å². The molecule has 4 aromatic rings. The van der Waals surface area contributed by atoms with Crippen LogP contribution in [0.15, 0.2) is 63.7 Å². The molecule has 3 heterocycles. The Kier molecular flexibility index (Phi) is 4.84. The summed E-state index contributed by atoms with van der Waals surface area (Å²) in [5.74, 6) is 1.55. The predicted octanol–water partition coefficient (Wildman–Crippen LogP) is 4.03. The number of hydrogen-bond donors (Lipinski definition) is 0. The van der Waals surface area contributed by atoms with Crippen LogP contribution in [-0.4, -0.2) is 36.8 Å². The van der Waals surface area contributed by atoms with Crippen molar-refractivity contribution in [2.45, 2.75) is 32.0 Å². The first-order chi connectivity index (χ1) is 14.7. The van der Waals surface area contributed by atoms with Gasteiger partial charge in [0.05, 0.1) is 13.1 Å². The van der Waals surface area contributed by atoms with Crippen LogP contribution in [0, 0.1) is 0 Å². The molecule has 8 nitrogen and oxygen atoms in total. The van der Waals surface area contributed by atoms with E-state index >= 15 is 0 Å². The molecule has 1 aliphatic carbocycles. The van der Waals surface area contributed by atoms with Crippen LogP contribution in [0.25, 0.3) is 11.5 Å². The fraction of sp³-hybridized carbons (Fsp3) is 0.238. The van der Waals surface area contributed by atoms with Crippen LogP contribution in [-0.2, 0) is 13.1 Å². The summed E-state index contributed by atoms with van der Waals surface area (Å²) in [6.07, 6.45) is 5.44. The Morgan fingerprint density at radius 3 is 2.70 bits per heavy atom. The third-order valence-electron chi connectivity index (χ3n) is 4.86. The van der Waals surface area contributed by atoms with Crippen LogP contribution in [0.5, 0.6) is 0 Å². The molecular formula is C21H18ClN5O3. The fourth-order valence-electron chi connectivity index (χ4n) is 3.20. The summed E-state index contributed by atoms with van der Waals surface area (Å²) in [5, 5.41) is 13.0. The average Bonchev–Trinajstić information content (AvgIpc) is 3.14. The molecule has 0 spiro atoms. The second-order valence-electron chi connectivity index (χ2n) is 7.14. The predicted molar refractivity (Wildman–Crippen MR) is 108 cm³/mol. The Balaban J connectivity index is 1.31. The van der Waals surface area contributed by atoms with Gasteiger partial charge in [-0.15, -0.1) is 10.2 Å². The third-order valence-corrected chi connectivity index (χ3v) is 5.11. The first kappa shape index (κ1) is 18.6. The van der Waals surface area contributed by atoms with Gasteiger partial charge in [0.15, 0.2) is 5.76 Å². The molecule has 1 aliphatic rings. The van der Waals surface area contributed by atoms with E-state index in [9.17, 15) is 4.79 Å². The first-order valence-corrected chi connectivity index (χ1v) is 9.99. The van der Waals surface area contributed by atoms with E-state index in [-0.39, 0.29) is 18.5 Å². The zero-order chi connectivity index (χ0) is 20.5. The first-order valence-electron chi connectivity index (χ1n) is 9.61. The van der Waals surface area contributed by atoms with Gasteiger partial charge in [-0.25, -0.2) is 0 Å². The topological polar surface area (TPSA) is 90.2 Å². The van der Waals surface area contributed by atoms with Crippen molar-refractivity contribution < 1.29 is 13.6 Å². The van der Waals surface area contributed by atoms with Crippen molar-refractivity contribution in [3.05, 3.63) is 77.3 Å². The molecule has 1 amide bonds. The number of amides is 1. The maximum absolute atomic E-state index is 13.1. The lowest BCUT2D eigenvalue weighted by atomic mass is 10.2. The Hall–Kier alpha value is -3.39. The van der Waals surface area contributed by atoms with Crippen molar-refractivity contribution >= 4 is 17.5 Å². The highest BCUT2D eigenvalue weighted by Crippen LogP contribution is 2.30. The van der Waals surface area contributed by atoms with Crippen molar-refractivity contribution in [3.8, 4) is 11.5 Å². The molecule has 5 rings (SSSR count). The van der Waals surface area contributed by atoms with E-state index in [1.54, 1.807) is 40.0 Å². The second kappa shape index (κ2) is 7.79. The molecule has 1 saturated carbocycles. The summed E-state index contributed by atoms with van der Waals surface area (Å²) in [7, 11) is 0. The number of furan rings is 1. The van der Waals surface area contributed by atoms with Crippen molar-refractivity contribution in [3.63, 3.8) is 0 Å². The molecule has 30 heavy (non-hydrogen) atoms. The van der Waals surface area contributed by atoms with Crippen molar-refractivity contribution in [1.29, 1.82) is 0 Å². The summed E-state index contributed by atoms with van der Waals surface area (Å²) in [6.45, 7) is 0.705. The smallest absolute Gasteiger partial charge is 0.290 e. The summed E-state index contributed by atoms with van der Waals surface area (Å²) in [6, 6.07) is 12.6. The number of carbonyl (C=O) groups excluding carboxylic acids is 1. The third kappa shape index (κ3) is 3.99. The molecule has 0 atom stereocenters. The van der Waals surface area contributed by atoms with Crippen LogP contribution in [0.1, 0.15) is 35.0 Å². The van der Waals surface area contributed by atoms with Crippen molar-refractivity contribution in [2.24, 2.45) is 0 Å². The highest BCUT2D eigenvalue weighted by atomic mass is 35.5. The molecule has 3 aromatic heterocycles.